The number of hydrogen-bond acceptors (Lipinski definition) is 5. The van der Waals surface area contributed by atoms with Crippen LogP contribution in [-0.2, 0) is 0 Å². The normalized spacial score (nSPS) is 15.2. The Hall–Kier alpha value is -1.92. The maximum Gasteiger partial charge on any atom is 0.277 e. The molecule has 2 heterocycles. The fourth-order valence-corrected chi connectivity index (χ4v) is 3.36. The molecule has 0 radical (unpaired) electrons. The number of methoxy groups -OCH3 is 1. The first-order chi connectivity index (χ1) is 9.70. The van der Waals surface area contributed by atoms with E-state index in [2.05, 4.69) is 16.4 Å². The van der Waals surface area contributed by atoms with Crippen molar-refractivity contribution in [2.45, 2.75) is 6.42 Å². The summed E-state index contributed by atoms with van der Waals surface area (Å²) >= 11 is 1.33. The highest BCUT2D eigenvalue weighted by atomic mass is 32.1. The van der Waals surface area contributed by atoms with Gasteiger partial charge in [-0.1, -0.05) is 6.08 Å². The van der Waals surface area contributed by atoms with Crippen LogP contribution in [0, 0.1) is 0 Å². The Morgan fingerprint density at radius 2 is 2.35 bits per heavy atom. The largest absolute Gasteiger partial charge is 0.494 e. The lowest BCUT2D eigenvalue weighted by atomic mass is 10.00. The summed E-state index contributed by atoms with van der Waals surface area (Å²) in [5.74, 6) is 0.167. The zero-order chi connectivity index (χ0) is 14.1. The smallest absolute Gasteiger partial charge is 0.277 e. The van der Waals surface area contributed by atoms with Crippen molar-refractivity contribution in [1.29, 1.82) is 0 Å². The average Bonchev–Trinajstić information content (AvgIpc) is 2.92. The molecule has 1 aromatic heterocycles. The van der Waals surface area contributed by atoms with Gasteiger partial charge in [0.05, 0.1) is 11.8 Å². The molecular weight excluding hydrogens is 274 g/mol. The van der Waals surface area contributed by atoms with Gasteiger partial charge in [-0.3, -0.25) is 4.79 Å². The second kappa shape index (κ2) is 5.22. The first-order valence-corrected chi connectivity index (χ1v) is 7.20. The van der Waals surface area contributed by atoms with E-state index in [1.165, 1.54) is 16.9 Å². The van der Waals surface area contributed by atoms with Gasteiger partial charge in [0.25, 0.3) is 5.91 Å². The van der Waals surface area contributed by atoms with Gasteiger partial charge in [0, 0.05) is 6.54 Å². The molecule has 0 saturated heterocycles. The van der Waals surface area contributed by atoms with Crippen molar-refractivity contribution < 1.29 is 9.53 Å². The highest BCUT2D eigenvalue weighted by Crippen LogP contribution is 2.36. The second-order valence-electron chi connectivity index (χ2n) is 4.56. The van der Waals surface area contributed by atoms with Crippen molar-refractivity contribution in [3.63, 3.8) is 0 Å². The number of nitrogens with zero attached hydrogens (tertiary/aromatic N) is 1. The molecule has 0 atom stereocenters. The van der Waals surface area contributed by atoms with Gasteiger partial charge in [0.15, 0.2) is 5.01 Å². The van der Waals surface area contributed by atoms with Crippen LogP contribution in [0.4, 0.5) is 0 Å². The van der Waals surface area contributed by atoms with Gasteiger partial charge >= 0.3 is 0 Å². The number of benzene rings is 1. The number of aromatic nitrogens is 1. The van der Waals surface area contributed by atoms with Crippen molar-refractivity contribution >= 4 is 33.0 Å². The van der Waals surface area contributed by atoms with Crippen LogP contribution in [-0.4, -0.2) is 31.1 Å². The number of amides is 1. The number of hydrogen-bond donors (Lipinski definition) is 2. The van der Waals surface area contributed by atoms with Gasteiger partial charge in [-0.15, -0.1) is 11.3 Å². The van der Waals surface area contributed by atoms with Crippen molar-refractivity contribution in [3.05, 3.63) is 28.8 Å². The number of primary amides is 1. The Kier molecular flexibility index (Phi) is 3.42. The van der Waals surface area contributed by atoms with E-state index < -0.39 is 5.91 Å². The molecule has 2 aromatic rings. The lowest BCUT2D eigenvalue weighted by Gasteiger charge is -2.15. The van der Waals surface area contributed by atoms with Crippen LogP contribution in [0.2, 0.25) is 0 Å². The van der Waals surface area contributed by atoms with Gasteiger partial charge in [-0.2, -0.15) is 0 Å². The lowest BCUT2D eigenvalue weighted by molar-refractivity contribution is 0.1000. The third-order valence-corrected chi connectivity index (χ3v) is 4.45. The summed E-state index contributed by atoms with van der Waals surface area (Å²) in [5, 5.41) is 3.61. The van der Waals surface area contributed by atoms with Crippen LogP contribution in [0.25, 0.3) is 15.8 Å². The highest BCUT2D eigenvalue weighted by molar-refractivity contribution is 7.20. The van der Waals surface area contributed by atoms with Gasteiger partial charge < -0.3 is 15.8 Å². The molecule has 1 aromatic carbocycles. The third kappa shape index (κ3) is 2.17. The van der Waals surface area contributed by atoms with E-state index in [1.807, 2.05) is 12.1 Å². The SMILES string of the molecule is COc1ccc(C2=CCNCC2)c2sc(C(N)=O)nc12. The quantitative estimate of drug-likeness (QED) is 0.903. The molecule has 1 aliphatic heterocycles. The summed E-state index contributed by atoms with van der Waals surface area (Å²) in [6.07, 6.45) is 3.14. The van der Waals surface area contributed by atoms with Crippen LogP contribution in [0.1, 0.15) is 21.8 Å². The summed E-state index contributed by atoms with van der Waals surface area (Å²) in [6.45, 7) is 1.82. The summed E-state index contributed by atoms with van der Waals surface area (Å²) in [5.41, 5.74) is 8.44. The standard InChI is InChI=1S/C14H15N3O2S/c1-19-10-3-2-9(8-4-6-16-7-5-8)12-11(10)17-14(20-12)13(15)18/h2-4,16H,5-7H2,1H3,(H2,15,18). The zero-order valence-corrected chi connectivity index (χ0v) is 11.9. The predicted octanol–water partition coefficient (Wildman–Crippen LogP) is 1.78. The number of carbonyl (C=O) groups is 1. The average molecular weight is 289 g/mol. The molecule has 0 spiro atoms. The molecule has 5 nitrogen and oxygen atoms in total. The first-order valence-electron chi connectivity index (χ1n) is 6.38. The van der Waals surface area contributed by atoms with Crippen molar-refractivity contribution in [3.8, 4) is 5.75 Å². The summed E-state index contributed by atoms with van der Waals surface area (Å²) < 4.78 is 6.29. The van der Waals surface area contributed by atoms with Gasteiger partial charge in [0.2, 0.25) is 0 Å². The molecule has 104 valence electrons. The molecule has 0 aliphatic carbocycles. The minimum absolute atomic E-state index is 0.320. The Morgan fingerprint density at radius 1 is 1.50 bits per heavy atom. The number of fused-ring (bicyclic) bond motifs is 1. The van der Waals surface area contributed by atoms with E-state index in [0.29, 0.717) is 16.3 Å². The molecule has 0 saturated carbocycles. The molecule has 3 rings (SSSR count). The number of thiazole rings is 1. The number of rotatable bonds is 3. The van der Waals surface area contributed by atoms with Gasteiger partial charge in [-0.25, -0.2) is 4.98 Å². The maximum atomic E-state index is 11.4. The van der Waals surface area contributed by atoms with E-state index in [9.17, 15) is 4.79 Å². The molecule has 3 N–H and O–H groups in total. The number of nitrogens with two attached hydrogens (primary N) is 1. The Balaban J connectivity index is 2.22. The minimum atomic E-state index is -0.501. The lowest BCUT2D eigenvalue weighted by Crippen LogP contribution is -2.20. The predicted molar refractivity (Wildman–Crippen MR) is 80.2 cm³/mol. The molecule has 0 bridgehead atoms. The zero-order valence-electron chi connectivity index (χ0n) is 11.1. The van der Waals surface area contributed by atoms with Crippen molar-refractivity contribution in [2.24, 2.45) is 5.73 Å². The van der Waals surface area contributed by atoms with E-state index >= 15 is 0 Å². The number of nitrogens with one attached hydrogen (secondary N) is 1. The van der Waals surface area contributed by atoms with Crippen LogP contribution in [0.3, 0.4) is 0 Å². The van der Waals surface area contributed by atoms with Crippen molar-refractivity contribution in [2.75, 3.05) is 20.2 Å². The van der Waals surface area contributed by atoms with Gasteiger partial charge in [0.1, 0.15) is 11.3 Å². The molecule has 20 heavy (non-hydrogen) atoms. The third-order valence-electron chi connectivity index (χ3n) is 3.35. The Morgan fingerprint density at radius 3 is 3.00 bits per heavy atom. The maximum absolute atomic E-state index is 11.4. The van der Waals surface area contributed by atoms with Crippen LogP contribution in [0.5, 0.6) is 5.75 Å². The molecule has 0 unspecified atom stereocenters. The van der Waals surface area contributed by atoms with Gasteiger partial charge in [-0.05, 0) is 36.2 Å². The van der Waals surface area contributed by atoms with Crippen molar-refractivity contribution in [1.82, 2.24) is 10.3 Å². The minimum Gasteiger partial charge on any atom is -0.494 e. The summed E-state index contributed by atoms with van der Waals surface area (Å²) in [4.78, 5) is 15.7. The summed E-state index contributed by atoms with van der Waals surface area (Å²) in [6, 6.07) is 3.92. The number of ether oxygens (including phenoxy) is 1. The second-order valence-corrected chi connectivity index (χ2v) is 5.56. The Labute approximate surface area is 120 Å². The molecule has 1 aliphatic rings. The van der Waals surface area contributed by atoms with Crippen LogP contribution in [0.15, 0.2) is 18.2 Å². The first kappa shape index (κ1) is 13.1. The highest BCUT2D eigenvalue weighted by Gasteiger charge is 2.18. The molecule has 0 fully saturated rings. The fourth-order valence-electron chi connectivity index (χ4n) is 2.37. The topological polar surface area (TPSA) is 77.2 Å². The molecular formula is C14H15N3O2S. The monoisotopic (exact) mass is 289 g/mol. The summed E-state index contributed by atoms with van der Waals surface area (Å²) in [7, 11) is 1.60. The molecule has 6 heteroatoms. The van der Waals surface area contributed by atoms with E-state index in [0.717, 1.165) is 29.8 Å². The van der Waals surface area contributed by atoms with Crippen LogP contribution >= 0.6 is 11.3 Å². The number of carbonyl (C=O) groups excluding carboxylic acids is 1. The molecule has 1 amide bonds. The fraction of sp³-hybridized carbons (Fsp3) is 0.286. The van der Waals surface area contributed by atoms with E-state index in [1.54, 1.807) is 7.11 Å². The van der Waals surface area contributed by atoms with Crippen LogP contribution < -0.4 is 15.8 Å². The van der Waals surface area contributed by atoms with E-state index in [-0.39, 0.29) is 0 Å². The van der Waals surface area contributed by atoms with E-state index in [4.69, 9.17) is 10.5 Å². The Bertz CT molecular complexity index is 706.